The zero-order valence-electron chi connectivity index (χ0n) is 8.47. The van der Waals surface area contributed by atoms with Crippen molar-refractivity contribution in [1.29, 1.82) is 0 Å². The van der Waals surface area contributed by atoms with Crippen LogP contribution in [0, 0.1) is 0 Å². The maximum Gasteiger partial charge on any atom is 0.371 e. The molecule has 0 aliphatic heterocycles. The second kappa shape index (κ2) is 3.99. The third-order valence-electron chi connectivity index (χ3n) is 2.61. The SMILES string of the molecule is Oc1cccc2ccc3ccccc3[n+]12.[Cl-]. The summed E-state index contributed by atoms with van der Waals surface area (Å²) < 4.78 is 1.84. The normalized spacial score (nSPS) is 10.2. The number of pyridine rings is 2. The average molecular weight is 232 g/mol. The van der Waals surface area contributed by atoms with Gasteiger partial charge in [-0.2, -0.15) is 0 Å². The molecule has 2 heterocycles. The van der Waals surface area contributed by atoms with Gasteiger partial charge in [0.2, 0.25) is 11.0 Å². The van der Waals surface area contributed by atoms with Crippen molar-refractivity contribution in [3.63, 3.8) is 0 Å². The van der Waals surface area contributed by atoms with Gasteiger partial charge in [-0.3, -0.25) is 0 Å². The molecule has 0 saturated carbocycles. The summed E-state index contributed by atoms with van der Waals surface area (Å²) >= 11 is 0. The number of aromatic nitrogens is 1. The number of benzene rings is 1. The highest BCUT2D eigenvalue weighted by Crippen LogP contribution is 2.14. The minimum Gasteiger partial charge on any atom is -1.00 e. The van der Waals surface area contributed by atoms with Gasteiger partial charge in [0.05, 0.1) is 6.07 Å². The van der Waals surface area contributed by atoms with Crippen molar-refractivity contribution < 1.29 is 21.9 Å². The maximum absolute atomic E-state index is 9.83. The van der Waals surface area contributed by atoms with Crippen LogP contribution in [0.4, 0.5) is 0 Å². The van der Waals surface area contributed by atoms with Crippen LogP contribution in [0.15, 0.2) is 54.6 Å². The number of hydrogen-bond acceptors (Lipinski definition) is 1. The van der Waals surface area contributed by atoms with Gasteiger partial charge >= 0.3 is 5.88 Å². The van der Waals surface area contributed by atoms with Crippen LogP contribution in [0.3, 0.4) is 0 Å². The molecule has 0 saturated heterocycles. The molecule has 1 N–H and O–H groups in total. The van der Waals surface area contributed by atoms with Crippen LogP contribution in [0.1, 0.15) is 0 Å². The fourth-order valence-electron chi connectivity index (χ4n) is 1.91. The molecule has 2 nitrogen and oxygen atoms in total. The Morgan fingerprint density at radius 2 is 1.62 bits per heavy atom. The predicted octanol–water partition coefficient (Wildman–Crippen LogP) is -0.712. The van der Waals surface area contributed by atoms with Crippen molar-refractivity contribution in [3.8, 4) is 5.88 Å². The van der Waals surface area contributed by atoms with E-state index in [-0.39, 0.29) is 18.3 Å². The number of para-hydroxylation sites is 1. The standard InChI is InChI=1S/C13H9NO.ClH/c15-13-7-3-5-11-9-8-10-4-1-2-6-12(10)14(11)13;/h1-9H;1H. The first-order chi connectivity index (χ1) is 7.36. The average Bonchev–Trinajstić information content (AvgIpc) is 2.29. The fraction of sp³-hybridized carbons (Fsp3) is 0. The third-order valence-corrected chi connectivity index (χ3v) is 2.61. The molecule has 0 unspecified atom stereocenters. The molecule has 3 heteroatoms. The zero-order chi connectivity index (χ0) is 10.3. The largest absolute Gasteiger partial charge is 1.00 e. The van der Waals surface area contributed by atoms with Crippen molar-refractivity contribution >= 4 is 16.4 Å². The van der Waals surface area contributed by atoms with E-state index in [1.807, 2.05) is 46.9 Å². The molecular formula is C13H10ClNO. The minimum absolute atomic E-state index is 0. The summed E-state index contributed by atoms with van der Waals surface area (Å²) in [5.41, 5.74) is 2.02. The lowest BCUT2D eigenvalue weighted by molar-refractivity contribution is -0.493. The van der Waals surface area contributed by atoms with Crippen molar-refractivity contribution in [2.45, 2.75) is 0 Å². The van der Waals surface area contributed by atoms with Gasteiger partial charge in [0.15, 0.2) is 0 Å². The highest BCUT2D eigenvalue weighted by Gasteiger charge is 2.11. The van der Waals surface area contributed by atoms with E-state index in [1.165, 1.54) is 0 Å². The lowest BCUT2D eigenvalue weighted by Crippen LogP contribution is -3.00. The Labute approximate surface area is 99.2 Å². The molecule has 0 radical (unpaired) electrons. The summed E-state index contributed by atoms with van der Waals surface area (Å²) in [7, 11) is 0. The van der Waals surface area contributed by atoms with Crippen LogP contribution in [-0.2, 0) is 0 Å². The predicted molar refractivity (Wildman–Crippen MR) is 58.8 cm³/mol. The van der Waals surface area contributed by atoms with Gasteiger partial charge in [0, 0.05) is 23.6 Å². The molecular weight excluding hydrogens is 222 g/mol. The fourth-order valence-corrected chi connectivity index (χ4v) is 1.91. The molecule has 16 heavy (non-hydrogen) atoms. The number of halogens is 1. The zero-order valence-corrected chi connectivity index (χ0v) is 9.22. The Morgan fingerprint density at radius 3 is 2.50 bits per heavy atom. The second-order valence-corrected chi connectivity index (χ2v) is 3.54. The van der Waals surface area contributed by atoms with Crippen LogP contribution >= 0.6 is 0 Å². The van der Waals surface area contributed by atoms with E-state index in [0.717, 1.165) is 16.4 Å². The van der Waals surface area contributed by atoms with Crippen LogP contribution in [-0.4, -0.2) is 5.11 Å². The quantitative estimate of drug-likeness (QED) is 0.401. The van der Waals surface area contributed by atoms with E-state index in [2.05, 4.69) is 6.07 Å². The lowest BCUT2D eigenvalue weighted by Gasteiger charge is -1.97. The van der Waals surface area contributed by atoms with E-state index in [9.17, 15) is 5.11 Å². The number of aromatic hydroxyl groups is 1. The first-order valence-corrected chi connectivity index (χ1v) is 4.88. The summed E-state index contributed by atoms with van der Waals surface area (Å²) in [6, 6.07) is 17.6. The Balaban J connectivity index is 0.000000963. The van der Waals surface area contributed by atoms with Crippen LogP contribution < -0.4 is 16.8 Å². The van der Waals surface area contributed by atoms with Gasteiger partial charge in [-0.15, -0.1) is 4.40 Å². The molecule has 1 aromatic carbocycles. The topological polar surface area (TPSA) is 24.3 Å². The molecule has 2 aromatic heterocycles. The Kier molecular flexibility index (Phi) is 2.67. The van der Waals surface area contributed by atoms with Gasteiger partial charge in [0.1, 0.15) is 0 Å². The number of nitrogens with zero attached hydrogens (tertiary/aromatic N) is 1. The van der Waals surface area contributed by atoms with E-state index in [0.29, 0.717) is 0 Å². The Morgan fingerprint density at radius 1 is 0.812 bits per heavy atom. The number of rotatable bonds is 0. The molecule has 3 aromatic rings. The summed E-state index contributed by atoms with van der Waals surface area (Å²) in [4.78, 5) is 0. The van der Waals surface area contributed by atoms with Crippen LogP contribution in [0.5, 0.6) is 5.88 Å². The molecule has 0 aliphatic carbocycles. The molecule has 80 valence electrons. The smallest absolute Gasteiger partial charge is 0.371 e. The minimum atomic E-state index is 0. The van der Waals surface area contributed by atoms with E-state index in [1.54, 1.807) is 6.07 Å². The summed E-state index contributed by atoms with van der Waals surface area (Å²) in [6.45, 7) is 0. The van der Waals surface area contributed by atoms with E-state index >= 15 is 0 Å². The molecule has 0 fully saturated rings. The first-order valence-electron chi connectivity index (χ1n) is 4.88. The molecule has 0 aliphatic rings. The second-order valence-electron chi connectivity index (χ2n) is 3.54. The van der Waals surface area contributed by atoms with E-state index < -0.39 is 0 Å². The van der Waals surface area contributed by atoms with Gasteiger partial charge in [-0.1, -0.05) is 12.1 Å². The Hall–Kier alpha value is -1.80. The summed E-state index contributed by atoms with van der Waals surface area (Å²) in [6.07, 6.45) is 0. The molecule has 0 spiro atoms. The van der Waals surface area contributed by atoms with Crippen LogP contribution in [0.25, 0.3) is 16.4 Å². The van der Waals surface area contributed by atoms with E-state index in [4.69, 9.17) is 0 Å². The molecule has 3 rings (SSSR count). The van der Waals surface area contributed by atoms with Crippen molar-refractivity contribution in [2.75, 3.05) is 0 Å². The highest BCUT2D eigenvalue weighted by molar-refractivity contribution is 5.77. The van der Waals surface area contributed by atoms with Crippen LogP contribution in [0.2, 0.25) is 0 Å². The van der Waals surface area contributed by atoms with Crippen molar-refractivity contribution in [3.05, 3.63) is 54.6 Å². The summed E-state index contributed by atoms with van der Waals surface area (Å²) in [5.74, 6) is 0.268. The first kappa shape index (κ1) is 10.7. The monoisotopic (exact) mass is 231 g/mol. The van der Waals surface area contributed by atoms with Crippen molar-refractivity contribution in [2.24, 2.45) is 0 Å². The third kappa shape index (κ3) is 1.48. The maximum atomic E-state index is 9.83. The molecule has 0 atom stereocenters. The lowest BCUT2D eigenvalue weighted by atomic mass is 10.2. The molecule has 0 bridgehead atoms. The highest BCUT2D eigenvalue weighted by atomic mass is 35.5. The summed E-state index contributed by atoms with van der Waals surface area (Å²) in [5, 5.41) is 11.0. The van der Waals surface area contributed by atoms with Gasteiger partial charge < -0.3 is 17.5 Å². The van der Waals surface area contributed by atoms with Gasteiger partial charge in [-0.05, 0) is 18.2 Å². The van der Waals surface area contributed by atoms with Gasteiger partial charge in [-0.25, -0.2) is 0 Å². The number of fused-ring (bicyclic) bond motifs is 3. The number of hydrogen-bond donors (Lipinski definition) is 1. The van der Waals surface area contributed by atoms with Gasteiger partial charge in [0.25, 0.3) is 0 Å². The van der Waals surface area contributed by atoms with Crippen molar-refractivity contribution in [1.82, 2.24) is 0 Å². The Bertz CT molecular complexity index is 652. The molecule has 0 amide bonds.